The van der Waals surface area contributed by atoms with Gasteiger partial charge in [0.2, 0.25) is 0 Å². The van der Waals surface area contributed by atoms with E-state index in [-0.39, 0.29) is 38.7 Å². The van der Waals surface area contributed by atoms with Gasteiger partial charge in [-0.15, -0.1) is 0 Å². The van der Waals surface area contributed by atoms with Crippen molar-refractivity contribution in [2.45, 2.75) is 224 Å². The molecule has 7 aromatic rings. The number of rotatable bonds is 0. The van der Waals surface area contributed by atoms with Crippen LogP contribution in [0.5, 0.6) is 0 Å². The fraction of sp³-hybridized carbons (Fsp3) is 0.447. The topological polar surface area (TPSA) is 0 Å². The van der Waals surface area contributed by atoms with Crippen molar-refractivity contribution in [1.82, 2.24) is 0 Å². The molecule has 0 saturated carbocycles. The lowest BCUT2D eigenvalue weighted by Gasteiger charge is -2.23. The Kier molecular flexibility index (Phi) is 27.8. The molecule has 0 aliphatic rings. The van der Waals surface area contributed by atoms with E-state index in [1.807, 2.05) is 67.5 Å². The highest BCUT2D eigenvalue weighted by molar-refractivity contribution is 5.39. The number of hydrogen-bond donors (Lipinski definition) is 0. The van der Waals surface area contributed by atoms with Crippen LogP contribution in [0.25, 0.3) is 0 Å². The van der Waals surface area contributed by atoms with Crippen LogP contribution in [0.1, 0.15) is 218 Å². The third-order valence-electron chi connectivity index (χ3n) is 13.4. The third kappa shape index (κ3) is 28.0. The highest BCUT2D eigenvalue weighted by atomic mass is 19.4. The van der Waals surface area contributed by atoms with Gasteiger partial charge in [-0.1, -0.05) is 266 Å². The van der Waals surface area contributed by atoms with Gasteiger partial charge in [0.05, 0.1) is 5.56 Å². The molecule has 0 heterocycles. The van der Waals surface area contributed by atoms with Gasteiger partial charge >= 0.3 is 6.18 Å². The second-order valence-electron chi connectivity index (χ2n) is 29.0. The van der Waals surface area contributed by atoms with Gasteiger partial charge in [0.15, 0.2) is 0 Å². The molecule has 7 rings (SSSR count). The molecular formula is C76H103F7. The second kappa shape index (κ2) is 30.7. The molecule has 83 heavy (non-hydrogen) atoms. The zero-order valence-electron chi connectivity index (χ0n) is 55.6. The maximum Gasteiger partial charge on any atom is 0.416 e. The molecule has 7 aromatic carbocycles. The van der Waals surface area contributed by atoms with Crippen molar-refractivity contribution in [2.75, 3.05) is 0 Å². The minimum absolute atomic E-state index is 0.0346. The van der Waals surface area contributed by atoms with E-state index in [2.05, 4.69) is 177 Å². The number of aryl methyl sites for hydroxylation is 5. The number of hydrogen-bond acceptors (Lipinski definition) is 0. The summed E-state index contributed by atoms with van der Waals surface area (Å²) < 4.78 is 89.4. The average Bonchev–Trinajstić information content (AvgIpc) is 3.31. The van der Waals surface area contributed by atoms with Gasteiger partial charge in [-0.3, -0.25) is 0 Å². The van der Waals surface area contributed by atoms with Crippen molar-refractivity contribution >= 4 is 0 Å². The molecule has 0 N–H and O–H groups in total. The van der Waals surface area contributed by atoms with Crippen molar-refractivity contribution in [3.05, 3.63) is 247 Å². The van der Waals surface area contributed by atoms with Gasteiger partial charge in [0, 0.05) is 6.07 Å². The fourth-order valence-electron chi connectivity index (χ4n) is 8.80. The molecule has 0 saturated heterocycles. The van der Waals surface area contributed by atoms with Crippen LogP contribution in [0.15, 0.2) is 152 Å². The van der Waals surface area contributed by atoms with Crippen molar-refractivity contribution in [2.24, 2.45) is 0 Å². The lowest BCUT2D eigenvalue weighted by atomic mass is 9.81. The summed E-state index contributed by atoms with van der Waals surface area (Å²) >= 11 is 0. The molecule has 0 radical (unpaired) electrons. The summed E-state index contributed by atoms with van der Waals surface area (Å²) in [5.41, 5.74) is 13.0. The van der Waals surface area contributed by atoms with E-state index in [9.17, 15) is 30.7 Å². The summed E-state index contributed by atoms with van der Waals surface area (Å²) in [5.74, 6) is -1.27. The number of halogens is 7. The van der Waals surface area contributed by atoms with E-state index in [1.165, 1.54) is 63.7 Å². The molecule has 0 amide bonds. The highest BCUT2D eigenvalue weighted by Gasteiger charge is 2.36. The smallest absolute Gasteiger partial charge is 0.207 e. The Hall–Kier alpha value is -5.95. The molecule has 0 atom stereocenters. The highest BCUT2D eigenvalue weighted by Crippen LogP contribution is 2.37. The van der Waals surface area contributed by atoms with Crippen LogP contribution in [0, 0.1) is 57.9 Å². The van der Waals surface area contributed by atoms with E-state index in [0.29, 0.717) is 16.5 Å². The standard InChI is InChI=1S/C12H18.C11H13F3.2C11H15F.C11H16.C10H12F2.C10H14/c1-9-7-6-8-10(2)11(9)12(3,4)5;1-10(2,3)8-6-4-5-7-9(8)11(12,13)14;1-8-5-9(11(2,3)4)7-10(12)6-8;1-8-5-6-10(12)9(7-8)11(2,3)4;1-9-6-5-7-10(8-9)11(2,3)4;1-10(2,3)7-4-8(11)6-9(12)5-7;1-10(2,3)9-7-5-4-6-8-9/h6-8H,1-5H3;4-7H,1-3H3;2*5-7H,1-4H3;5-8H,1-4H3;4-6H,1-3H3;4-8H,1-3H3. The predicted octanol–water partition coefficient (Wildman–Crippen LogP) is 24.0. The van der Waals surface area contributed by atoms with Gasteiger partial charge in [0.25, 0.3) is 0 Å². The van der Waals surface area contributed by atoms with Crippen molar-refractivity contribution in [3.8, 4) is 0 Å². The first-order chi connectivity index (χ1) is 37.5. The van der Waals surface area contributed by atoms with Crippen LogP contribution >= 0.6 is 0 Å². The normalized spacial score (nSPS) is 11.9. The summed E-state index contributed by atoms with van der Waals surface area (Å²) in [7, 11) is 0. The van der Waals surface area contributed by atoms with Crippen LogP contribution in [0.4, 0.5) is 30.7 Å². The Balaban J connectivity index is 0.000000485. The van der Waals surface area contributed by atoms with Crippen LogP contribution in [-0.2, 0) is 44.1 Å². The van der Waals surface area contributed by atoms with Gasteiger partial charge in [-0.2, -0.15) is 13.2 Å². The zero-order valence-corrected chi connectivity index (χ0v) is 55.6. The summed E-state index contributed by atoms with van der Waals surface area (Å²) in [6.07, 6.45) is -4.26. The first-order valence-electron chi connectivity index (χ1n) is 28.8. The van der Waals surface area contributed by atoms with Crippen molar-refractivity contribution in [3.63, 3.8) is 0 Å². The van der Waals surface area contributed by atoms with E-state index >= 15 is 0 Å². The van der Waals surface area contributed by atoms with Gasteiger partial charge in [-0.25, -0.2) is 17.6 Å². The maximum absolute atomic E-state index is 13.3. The molecule has 7 heteroatoms. The summed E-state index contributed by atoms with van der Waals surface area (Å²) in [4.78, 5) is 0. The second-order valence-corrected chi connectivity index (χ2v) is 29.0. The summed E-state index contributed by atoms with van der Waals surface area (Å²) in [6.45, 7) is 54.0. The van der Waals surface area contributed by atoms with Gasteiger partial charge in [0.1, 0.15) is 23.3 Å². The minimum atomic E-state index is -4.26. The summed E-state index contributed by atoms with van der Waals surface area (Å²) in [6, 6.07) is 45.5. The minimum Gasteiger partial charge on any atom is -0.207 e. The molecule has 0 aliphatic heterocycles. The zero-order chi connectivity index (χ0) is 64.5. The molecule has 0 aromatic heterocycles. The number of benzene rings is 7. The molecule has 456 valence electrons. The van der Waals surface area contributed by atoms with E-state index < -0.39 is 28.8 Å². The predicted molar refractivity (Wildman–Crippen MR) is 345 cm³/mol. The Labute approximate surface area is 499 Å². The Morgan fingerprint density at radius 3 is 0.940 bits per heavy atom. The average molecular weight is 1150 g/mol. The monoisotopic (exact) mass is 1150 g/mol. The Morgan fingerprint density at radius 2 is 0.614 bits per heavy atom. The van der Waals surface area contributed by atoms with E-state index in [1.54, 1.807) is 45.0 Å². The maximum atomic E-state index is 13.3. The lowest BCUT2D eigenvalue weighted by Crippen LogP contribution is -2.19. The number of alkyl halides is 3. The SMILES string of the molecule is CC(C)(C)c1cc(F)cc(F)c1.CC(C)(C)c1ccccc1.CC(C)(C)c1ccccc1C(F)(F)F.Cc1cc(F)cc(C(C)(C)C)c1.Cc1ccc(F)c(C(C)(C)C)c1.Cc1cccc(C(C)(C)C)c1.Cc1cccc(C)c1C(C)(C)C. The van der Waals surface area contributed by atoms with Gasteiger partial charge in [-0.05, 0) is 165 Å². The van der Waals surface area contributed by atoms with Crippen LogP contribution in [-0.4, -0.2) is 0 Å². The van der Waals surface area contributed by atoms with Gasteiger partial charge < -0.3 is 0 Å². The van der Waals surface area contributed by atoms with Crippen molar-refractivity contribution in [1.29, 1.82) is 0 Å². The third-order valence-corrected chi connectivity index (χ3v) is 13.4. The first kappa shape index (κ1) is 75.1. The Bertz CT molecular complexity index is 2900. The van der Waals surface area contributed by atoms with Crippen LogP contribution < -0.4 is 0 Å². The first-order valence-corrected chi connectivity index (χ1v) is 28.8. The largest absolute Gasteiger partial charge is 0.416 e. The van der Waals surface area contributed by atoms with E-state index in [4.69, 9.17) is 0 Å². The Morgan fingerprint density at radius 1 is 0.253 bits per heavy atom. The molecule has 0 fully saturated rings. The fourth-order valence-corrected chi connectivity index (χ4v) is 8.80. The van der Waals surface area contributed by atoms with Crippen LogP contribution in [0.2, 0.25) is 0 Å². The molecular weight excluding hydrogens is 1050 g/mol. The molecule has 0 bridgehead atoms. The quantitative estimate of drug-likeness (QED) is 0.133. The lowest BCUT2D eigenvalue weighted by molar-refractivity contribution is -0.138. The van der Waals surface area contributed by atoms with Crippen molar-refractivity contribution < 1.29 is 30.7 Å². The molecule has 0 spiro atoms. The van der Waals surface area contributed by atoms with Crippen LogP contribution in [0.3, 0.4) is 0 Å². The van der Waals surface area contributed by atoms with E-state index in [0.717, 1.165) is 34.4 Å². The molecule has 0 nitrogen and oxygen atoms in total. The molecule has 0 unspecified atom stereocenters. The molecule has 0 aliphatic carbocycles. The summed E-state index contributed by atoms with van der Waals surface area (Å²) in [5, 5.41) is 0.